The minimum absolute atomic E-state index is 0.515. The van der Waals surface area contributed by atoms with Gasteiger partial charge in [-0.25, -0.2) is 0 Å². The van der Waals surface area contributed by atoms with Gasteiger partial charge in [0.1, 0.15) is 0 Å². The molecule has 0 amide bonds. The molecule has 1 nitrogen and oxygen atoms in total. The van der Waals surface area contributed by atoms with E-state index in [0.29, 0.717) is 5.41 Å². The lowest BCUT2D eigenvalue weighted by Crippen LogP contribution is -2.29. The van der Waals surface area contributed by atoms with E-state index in [1.807, 2.05) is 0 Å². The van der Waals surface area contributed by atoms with E-state index in [1.54, 1.807) is 0 Å². The highest BCUT2D eigenvalue weighted by atomic mass is 14.9. The predicted octanol–water partition coefficient (Wildman–Crippen LogP) is 4.76. The van der Waals surface area contributed by atoms with E-state index >= 15 is 0 Å². The Bertz CT molecular complexity index is 236. The number of hydrogen-bond donors (Lipinski definition) is 1. The SMILES string of the molecule is CC(C)(C)C1CCCC(NCCCC2CC2)CC1. The first-order chi connectivity index (χ1) is 8.55. The van der Waals surface area contributed by atoms with Crippen LogP contribution in [-0.2, 0) is 0 Å². The molecule has 1 heteroatoms. The van der Waals surface area contributed by atoms with Gasteiger partial charge in [-0.1, -0.05) is 40.0 Å². The maximum Gasteiger partial charge on any atom is 0.00671 e. The van der Waals surface area contributed by atoms with Gasteiger partial charge in [0.25, 0.3) is 0 Å². The summed E-state index contributed by atoms with van der Waals surface area (Å²) in [6, 6.07) is 0.816. The van der Waals surface area contributed by atoms with Crippen molar-refractivity contribution in [3.05, 3.63) is 0 Å². The summed E-state index contributed by atoms with van der Waals surface area (Å²) in [6.45, 7) is 8.52. The Morgan fingerprint density at radius 3 is 2.39 bits per heavy atom. The Morgan fingerprint density at radius 1 is 0.944 bits per heavy atom. The molecule has 2 atom stereocenters. The third-order valence-corrected chi connectivity index (χ3v) is 5.11. The van der Waals surface area contributed by atoms with Crippen molar-refractivity contribution < 1.29 is 0 Å². The van der Waals surface area contributed by atoms with Crippen molar-refractivity contribution in [1.29, 1.82) is 0 Å². The van der Waals surface area contributed by atoms with Crippen LogP contribution in [0, 0.1) is 17.3 Å². The lowest BCUT2D eigenvalue weighted by molar-refractivity contribution is 0.213. The van der Waals surface area contributed by atoms with Gasteiger partial charge in [0, 0.05) is 6.04 Å². The lowest BCUT2D eigenvalue weighted by Gasteiger charge is -2.29. The number of nitrogens with one attached hydrogen (secondary N) is 1. The highest BCUT2D eigenvalue weighted by Gasteiger charge is 2.27. The van der Waals surface area contributed by atoms with Gasteiger partial charge in [-0.15, -0.1) is 0 Å². The fourth-order valence-electron chi connectivity index (χ4n) is 3.48. The average Bonchev–Trinajstić information content (AvgIpc) is 3.10. The Labute approximate surface area is 114 Å². The molecule has 0 radical (unpaired) electrons. The maximum absolute atomic E-state index is 3.82. The largest absolute Gasteiger partial charge is 0.314 e. The summed E-state index contributed by atoms with van der Waals surface area (Å²) in [4.78, 5) is 0. The molecule has 2 saturated carbocycles. The molecule has 18 heavy (non-hydrogen) atoms. The molecule has 0 bridgehead atoms. The van der Waals surface area contributed by atoms with Crippen LogP contribution in [0.5, 0.6) is 0 Å². The summed E-state index contributed by atoms with van der Waals surface area (Å²) in [5.74, 6) is 2.04. The molecule has 0 aromatic carbocycles. The van der Waals surface area contributed by atoms with Crippen molar-refractivity contribution in [3.63, 3.8) is 0 Å². The molecule has 0 saturated heterocycles. The van der Waals surface area contributed by atoms with Crippen molar-refractivity contribution in [2.45, 2.75) is 84.6 Å². The summed E-state index contributed by atoms with van der Waals surface area (Å²) < 4.78 is 0. The first-order valence-corrected chi connectivity index (χ1v) is 8.29. The predicted molar refractivity (Wildman–Crippen MR) is 79.8 cm³/mol. The van der Waals surface area contributed by atoms with Gasteiger partial charge in [-0.05, 0) is 62.3 Å². The van der Waals surface area contributed by atoms with E-state index < -0.39 is 0 Å². The normalized spacial score (nSPS) is 30.2. The quantitative estimate of drug-likeness (QED) is 0.548. The molecule has 106 valence electrons. The molecule has 0 spiro atoms. The van der Waals surface area contributed by atoms with Crippen LogP contribution in [0.25, 0.3) is 0 Å². The Balaban J connectivity index is 1.61. The number of hydrogen-bond acceptors (Lipinski definition) is 1. The smallest absolute Gasteiger partial charge is 0.00671 e. The van der Waals surface area contributed by atoms with Crippen molar-refractivity contribution in [2.24, 2.45) is 17.3 Å². The molecule has 2 rings (SSSR count). The summed E-state index contributed by atoms with van der Waals surface area (Å²) in [6.07, 6.45) is 13.0. The Hall–Kier alpha value is -0.0400. The van der Waals surface area contributed by atoms with Crippen LogP contribution in [0.4, 0.5) is 0 Å². The summed E-state index contributed by atoms with van der Waals surface area (Å²) in [5.41, 5.74) is 0.515. The minimum Gasteiger partial charge on any atom is -0.314 e. The summed E-state index contributed by atoms with van der Waals surface area (Å²) >= 11 is 0. The van der Waals surface area contributed by atoms with Crippen molar-refractivity contribution in [3.8, 4) is 0 Å². The standard InChI is InChI=1S/C17H33N/c1-17(2,3)15-7-4-8-16(12-11-15)18-13-5-6-14-9-10-14/h14-16,18H,4-13H2,1-3H3. The van der Waals surface area contributed by atoms with Gasteiger partial charge < -0.3 is 5.32 Å². The molecular weight excluding hydrogens is 218 g/mol. The lowest BCUT2D eigenvalue weighted by atomic mass is 9.76. The first kappa shape index (κ1) is 14.4. The molecule has 2 aliphatic carbocycles. The van der Waals surface area contributed by atoms with E-state index in [1.165, 1.54) is 64.3 Å². The van der Waals surface area contributed by atoms with Crippen LogP contribution in [0.2, 0.25) is 0 Å². The van der Waals surface area contributed by atoms with Crippen molar-refractivity contribution in [2.75, 3.05) is 6.54 Å². The molecule has 0 aliphatic heterocycles. The molecule has 2 unspecified atom stereocenters. The van der Waals surface area contributed by atoms with E-state index in [0.717, 1.165) is 17.9 Å². The van der Waals surface area contributed by atoms with Gasteiger partial charge >= 0.3 is 0 Å². The fourth-order valence-corrected chi connectivity index (χ4v) is 3.48. The molecule has 1 N–H and O–H groups in total. The number of rotatable bonds is 5. The van der Waals surface area contributed by atoms with Gasteiger partial charge in [0.05, 0.1) is 0 Å². The highest BCUT2D eigenvalue weighted by molar-refractivity contribution is 4.81. The zero-order valence-electron chi connectivity index (χ0n) is 12.8. The molecular formula is C17H33N. The van der Waals surface area contributed by atoms with Gasteiger partial charge in [-0.3, -0.25) is 0 Å². The van der Waals surface area contributed by atoms with Crippen LogP contribution >= 0.6 is 0 Å². The summed E-state index contributed by atoms with van der Waals surface area (Å²) in [7, 11) is 0. The highest BCUT2D eigenvalue weighted by Crippen LogP contribution is 2.37. The van der Waals surface area contributed by atoms with E-state index in [4.69, 9.17) is 0 Å². The van der Waals surface area contributed by atoms with E-state index in [-0.39, 0.29) is 0 Å². The van der Waals surface area contributed by atoms with Crippen LogP contribution in [0.3, 0.4) is 0 Å². The molecule has 2 aliphatic rings. The monoisotopic (exact) mass is 251 g/mol. The second kappa shape index (κ2) is 6.41. The summed E-state index contributed by atoms with van der Waals surface area (Å²) in [5, 5.41) is 3.82. The van der Waals surface area contributed by atoms with Gasteiger partial charge in [-0.2, -0.15) is 0 Å². The topological polar surface area (TPSA) is 12.0 Å². The second-order valence-corrected chi connectivity index (χ2v) is 7.81. The first-order valence-electron chi connectivity index (χ1n) is 8.29. The Morgan fingerprint density at radius 2 is 1.72 bits per heavy atom. The molecule has 0 aromatic heterocycles. The van der Waals surface area contributed by atoms with Gasteiger partial charge in [0.2, 0.25) is 0 Å². The second-order valence-electron chi connectivity index (χ2n) is 7.81. The van der Waals surface area contributed by atoms with E-state index in [2.05, 4.69) is 26.1 Å². The van der Waals surface area contributed by atoms with E-state index in [9.17, 15) is 0 Å². The van der Waals surface area contributed by atoms with Crippen LogP contribution < -0.4 is 5.32 Å². The van der Waals surface area contributed by atoms with Crippen molar-refractivity contribution >= 4 is 0 Å². The average molecular weight is 251 g/mol. The molecule has 0 heterocycles. The third kappa shape index (κ3) is 4.91. The minimum atomic E-state index is 0.515. The molecule has 0 aromatic rings. The zero-order chi connectivity index (χ0) is 13.0. The maximum atomic E-state index is 3.82. The molecule has 2 fully saturated rings. The van der Waals surface area contributed by atoms with Crippen molar-refractivity contribution in [1.82, 2.24) is 5.32 Å². The third-order valence-electron chi connectivity index (χ3n) is 5.11. The van der Waals surface area contributed by atoms with Gasteiger partial charge in [0.15, 0.2) is 0 Å². The van der Waals surface area contributed by atoms with Crippen LogP contribution in [0.15, 0.2) is 0 Å². The van der Waals surface area contributed by atoms with Crippen LogP contribution in [-0.4, -0.2) is 12.6 Å². The zero-order valence-corrected chi connectivity index (χ0v) is 12.8. The Kier molecular flexibility index (Phi) is 5.12. The van der Waals surface area contributed by atoms with Crippen LogP contribution in [0.1, 0.15) is 78.6 Å². The fraction of sp³-hybridized carbons (Fsp3) is 1.00.